The van der Waals surface area contributed by atoms with Gasteiger partial charge in [0, 0.05) is 26.7 Å². The Balaban J connectivity index is 1.65. The quantitative estimate of drug-likeness (QED) is 0.752. The van der Waals surface area contributed by atoms with Crippen molar-refractivity contribution < 1.29 is 0 Å². The van der Waals surface area contributed by atoms with Crippen molar-refractivity contribution in [3.05, 3.63) is 17.5 Å². The first-order valence-corrected chi connectivity index (χ1v) is 6.18. The lowest BCUT2D eigenvalue weighted by atomic mass is 10.3. The zero-order valence-electron chi connectivity index (χ0n) is 10.4. The van der Waals surface area contributed by atoms with Crippen LogP contribution < -0.4 is 5.32 Å². The molecule has 1 N–H and O–H groups in total. The van der Waals surface area contributed by atoms with E-state index >= 15 is 0 Å². The molecular weight excluding hydrogens is 200 g/mol. The van der Waals surface area contributed by atoms with Gasteiger partial charge in [-0.15, -0.1) is 0 Å². The molecule has 90 valence electrons. The largest absolute Gasteiger partial charge is 0.310 e. The molecule has 0 bridgehead atoms. The van der Waals surface area contributed by atoms with Gasteiger partial charge in [-0.3, -0.25) is 4.68 Å². The summed E-state index contributed by atoms with van der Waals surface area (Å²) in [5.41, 5.74) is 2.36. The first-order valence-electron chi connectivity index (χ1n) is 6.18. The second kappa shape index (κ2) is 5.46. The lowest BCUT2D eigenvalue weighted by Crippen LogP contribution is -2.30. The summed E-state index contributed by atoms with van der Waals surface area (Å²) in [4.78, 5) is 2.53. The summed E-state index contributed by atoms with van der Waals surface area (Å²) in [6.45, 7) is 7.78. The van der Waals surface area contributed by atoms with Crippen molar-refractivity contribution in [3.8, 4) is 0 Å². The lowest BCUT2D eigenvalue weighted by molar-refractivity contribution is 0.335. The molecule has 1 aromatic rings. The highest BCUT2D eigenvalue weighted by molar-refractivity contribution is 5.08. The molecule has 16 heavy (non-hydrogen) atoms. The van der Waals surface area contributed by atoms with Gasteiger partial charge in [0.2, 0.25) is 0 Å². The van der Waals surface area contributed by atoms with Gasteiger partial charge in [0.1, 0.15) is 0 Å². The standard InChI is InChI=1S/C12H22N4/c1-11-9-12(15(2)14-11)10-13-5-8-16-6-3-4-7-16/h9,13H,3-8,10H2,1-2H3. The predicted octanol–water partition coefficient (Wildman–Crippen LogP) is 0.914. The van der Waals surface area contributed by atoms with Crippen molar-refractivity contribution in [1.82, 2.24) is 20.0 Å². The molecule has 0 radical (unpaired) electrons. The van der Waals surface area contributed by atoms with Gasteiger partial charge in [-0.1, -0.05) is 0 Å². The summed E-state index contributed by atoms with van der Waals surface area (Å²) in [6.07, 6.45) is 2.75. The fourth-order valence-corrected chi connectivity index (χ4v) is 2.29. The number of nitrogens with zero attached hydrogens (tertiary/aromatic N) is 3. The van der Waals surface area contributed by atoms with Crippen LogP contribution in [0.5, 0.6) is 0 Å². The summed E-state index contributed by atoms with van der Waals surface area (Å²) in [7, 11) is 2.00. The zero-order valence-corrected chi connectivity index (χ0v) is 10.4. The number of hydrogen-bond donors (Lipinski definition) is 1. The van der Waals surface area contributed by atoms with Crippen LogP contribution >= 0.6 is 0 Å². The predicted molar refractivity (Wildman–Crippen MR) is 65.3 cm³/mol. The molecular formula is C12H22N4. The zero-order chi connectivity index (χ0) is 11.4. The van der Waals surface area contributed by atoms with E-state index in [0.717, 1.165) is 18.8 Å². The van der Waals surface area contributed by atoms with Gasteiger partial charge < -0.3 is 10.2 Å². The Morgan fingerprint density at radius 1 is 1.38 bits per heavy atom. The Kier molecular flexibility index (Phi) is 3.96. The Bertz CT molecular complexity index is 326. The minimum atomic E-state index is 0.922. The van der Waals surface area contributed by atoms with Gasteiger partial charge in [-0.05, 0) is 38.9 Å². The highest BCUT2D eigenvalue weighted by Crippen LogP contribution is 2.05. The van der Waals surface area contributed by atoms with Crippen LogP contribution in [-0.4, -0.2) is 40.9 Å². The Labute approximate surface area is 97.6 Å². The monoisotopic (exact) mass is 222 g/mol. The number of aromatic nitrogens is 2. The van der Waals surface area contributed by atoms with Crippen LogP contribution in [0.25, 0.3) is 0 Å². The van der Waals surface area contributed by atoms with Gasteiger partial charge in [0.05, 0.1) is 11.4 Å². The summed E-state index contributed by atoms with van der Waals surface area (Å²) in [5.74, 6) is 0. The van der Waals surface area contributed by atoms with Crippen LogP contribution in [0.1, 0.15) is 24.2 Å². The van der Waals surface area contributed by atoms with E-state index in [1.807, 2.05) is 18.7 Å². The number of likely N-dealkylation sites (tertiary alicyclic amines) is 1. The maximum absolute atomic E-state index is 4.33. The molecule has 0 aromatic carbocycles. The third-order valence-corrected chi connectivity index (χ3v) is 3.21. The van der Waals surface area contributed by atoms with E-state index in [-0.39, 0.29) is 0 Å². The van der Waals surface area contributed by atoms with Crippen molar-refractivity contribution in [2.45, 2.75) is 26.3 Å². The van der Waals surface area contributed by atoms with E-state index in [1.165, 1.54) is 38.2 Å². The van der Waals surface area contributed by atoms with Gasteiger partial charge in [-0.25, -0.2) is 0 Å². The minimum absolute atomic E-state index is 0.922. The average Bonchev–Trinajstić information content (AvgIpc) is 2.84. The average molecular weight is 222 g/mol. The topological polar surface area (TPSA) is 33.1 Å². The highest BCUT2D eigenvalue weighted by atomic mass is 15.3. The fourth-order valence-electron chi connectivity index (χ4n) is 2.29. The van der Waals surface area contributed by atoms with E-state index in [0.29, 0.717) is 0 Å². The molecule has 0 aliphatic carbocycles. The molecule has 1 aromatic heterocycles. The van der Waals surface area contributed by atoms with Crippen LogP contribution in [0.2, 0.25) is 0 Å². The molecule has 0 saturated carbocycles. The number of rotatable bonds is 5. The summed E-state index contributed by atoms with van der Waals surface area (Å²) < 4.78 is 1.96. The molecule has 1 fully saturated rings. The van der Waals surface area contributed by atoms with E-state index in [9.17, 15) is 0 Å². The van der Waals surface area contributed by atoms with Gasteiger partial charge in [-0.2, -0.15) is 5.10 Å². The third kappa shape index (κ3) is 3.06. The van der Waals surface area contributed by atoms with Crippen molar-refractivity contribution in [1.29, 1.82) is 0 Å². The van der Waals surface area contributed by atoms with Crippen molar-refractivity contribution in [2.75, 3.05) is 26.2 Å². The first-order chi connectivity index (χ1) is 7.75. The lowest BCUT2D eigenvalue weighted by Gasteiger charge is -2.14. The molecule has 0 amide bonds. The molecule has 2 heterocycles. The van der Waals surface area contributed by atoms with Gasteiger partial charge in [0.25, 0.3) is 0 Å². The summed E-state index contributed by atoms with van der Waals surface area (Å²) >= 11 is 0. The van der Waals surface area contributed by atoms with Gasteiger partial charge >= 0.3 is 0 Å². The Morgan fingerprint density at radius 3 is 2.75 bits per heavy atom. The van der Waals surface area contributed by atoms with E-state index in [4.69, 9.17) is 0 Å². The van der Waals surface area contributed by atoms with Crippen molar-refractivity contribution in [3.63, 3.8) is 0 Å². The van der Waals surface area contributed by atoms with Crippen LogP contribution in [-0.2, 0) is 13.6 Å². The molecule has 1 aliphatic rings. The molecule has 1 aliphatic heterocycles. The fraction of sp³-hybridized carbons (Fsp3) is 0.750. The van der Waals surface area contributed by atoms with Crippen LogP contribution in [0, 0.1) is 6.92 Å². The molecule has 0 unspecified atom stereocenters. The van der Waals surface area contributed by atoms with E-state index in [2.05, 4.69) is 21.4 Å². The van der Waals surface area contributed by atoms with E-state index in [1.54, 1.807) is 0 Å². The molecule has 4 nitrogen and oxygen atoms in total. The Morgan fingerprint density at radius 2 is 2.12 bits per heavy atom. The van der Waals surface area contributed by atoms with Crippen molar-refractivity contribution >= 4 is 0 Å². The summed E-state index contributed by atoms with van der Waals surface area (Å²) in [5, 5.41) is 7.81. The van der Waals surface area contributed by atoms with Crippen LogP contribution in [0.4, 0.5) is 0 Å². The molecule has 1 saturated heterocycles. The minimum Gasteiger partial charge on any atom is -0.310 e. The highest BCUT2D eigenvalue weighted by Gasteiger charge is 2.10. The second-order valence-corrected chi connectivity index (χ2v) is 4.63. The van der Waals surface area contributed by atoms with Gasteiger partial charge in [0.15, 0.2) is 0 Å². The molecule has 0 spiro atoms. The smallest absolute Gasteiger partial charge is 0.0597 e. The second-order valence-electron chi connectivity index (χ2n) is 4.63. The SMILES string of the molecule is Cc1cc(CNCCN2CCCC2)n(C)n1. The Hall–Kier alpha value is -0.870. The van der Waals surface area contributed by atoms with E-state index < -0.39 is 0 Å². The van der Waals surface area contributed by atoms with Crippen molar-refractivity contribution in [2.24, 2.45) is 7.05 Å². The van der Waals surface area contributed by atoms with Crippen LogP contribution in [0.15, 0.2) is 6.07 Å². The number of aryl methyl sites for hydroxylation is 2. The number of nitrogens with one attached hydrogen (secondary N) is 1. The summed E-state index contributed by atoms with van der Waals surface area (Å²) in [6, 6.07) is 2.14. The molecule has 2 rings (SSSR count). The first kappa shape index (κ1) is 11.6. The molecule has 4 heteroatoms. The third-order valence-electron chi connectivity index (χ3n) is 3.21. The molecule has 0 atom stereocenters. The normalized spacial score (nSPS) is 17.1. The maximum atomic E-state index is 4.33. The van der Waals surface area contributed by atoms with Crippen LogP contribution in [0.3, 0.4) is 0 Å². The maximum Gasteiger partial charge on any atom is 0.0597 e. The number of hydrogen-bond acceptors (Lipinski definition) is 3.